The van der Waals surface area contributed by atoms with Gasteiger partial charge in [0.05, 0.1) is 7.11 Å². The molecule has 1 heterocycles. The molecule has 0 saturated heterocycles. The number of hydrogen-bond donors (Lipinski definition) is 1. The van der Waals surface area contributed by atoms with E-state index in [1.54, 1.807) is 7.11 Å². The van der Waals surface area contributed by atoms with Crippen LogP contribution in [-0.2, 0) is 14.3 Å². The molecule has 27 heavy (non-hydrogen) atoms. The largest absolute Gasteiger partial charge is 0.497 e. The number of nitrogens with two attached hydrogens (primary N) is 1. The van der Waals surface area contributed by atoms with E-state index in [0.717, 1.165) is 22.8 Å². The minimum Gasteiger partial charge on any atom is -0.497 e. The van der Waals surface area contributed by atoms with Crippen LogP contribution in [0.25, 0.3) is 11.8 Å². The van der Waals surface area contributed by atoms with Crippen molar-refractivity contribution in [1.82, 2.24) is 4.57 Å². The van der Waals surface area contributed by atoms with Crippen molar-refractivity contribution < 1.29 is 19.1 Å². The molecule has 0 aliphatic rings. The number of methoxy groups -OCH3 is 1. The third-order valence-corrected chi connectivity index (χ3v) is 4.13. The average Bonchev–Trinajstić information content (AvgIpc) is 2.92. The van der Waals surface area contributed by atoms with Crippen LogP contribution in [0.5, 0.6) is 5.75 Å². The van der Waals surface area contributed by atoms with Gasteiger partial charge in [0, 0.05) is 17.1 Å². The quantitative estimate of drug-likeness (QED) is 0.479. The first-order valence-corrected chi connectivity index (χ1v) is 8.24. The second kappa shape index (κ2) is 8.23. The van der Waals surface area contributed by atoms with Crippen molar-refractivity contribution in [3.8, 4) is 17.5 Å². The van der Waals surface area contributed by atoms with Crippen LogP contribution in [0.4, 0.5) is 0 Å². The van der Waals surface area contributed by atoms with Gasteiger partial charge in [0.2, 0.25) is 0 Å². The molecule has 1 aromatic carbocycles. The molecule has 2 aromatic rings. The van der Waals surface area contributed by atoms with Crippen molar-refractivity contribution in [3.05, 3.63) is 52.9 Å². The SMILES string of the molecule is COc1ccc(-n2c(C)cc(/C=C(/C#N)C(=O)O[C@@H](C)C(N)=O)c2C)cc1. The lowest BCUT2D eigenvalue weighted by atomic mass is 10.1. The van der Waals surface area contributed by atoms with Crippen LogP contribution in [0.3, 0.4) is 0 Å². The molecule has 7 nitrogen and oxygen atoms in total. The van der Waals surface area contributed by atoms with Crippen LogP contribution >= 0.6 is 0 Å². The van der Waals surface area contributed by atoms with Crippen molar-refractivity contribution in [1.29, 1.82) is 5.26 Å². The number of aromatic nitrogens is 1. The summed E-state index contributed by atoms with van der Waals surface area (Å²) in [6.45, 7) is 5.16. The zero-order valence-electron chi connectivity index (χ0n) is 15.6. The molecule has 1 amide bonds. The number of aryl methyl sites for hydroxylation is 1. The summed E-state index contributed by atoms with van der Waals surface area (Å²) < 4.78 is 12.1. The minimum absolute atomic E-state index is 0.210. The number of hydrogen-bond acceptors (Lipinski definition) is 5. The molecular weight excluding hydrogens is 346 g/mol. The Morgan fingerprint density at radius 2 is 1.89 bits per heavy atom. The summed E-state index contributed by atoms with van der Waals surface area (Å²) in [6, 6.07) is 11.2. The summed E-state index contributed by atoms with van der Waals surface area (Å²) in [5, 5.41) is 9.29. The van der Waals surface area contributed by atoms with Gasteiger partial charge in [-0.2, -0.15) is 5.26 Å². The number of ether oxygens (including phenoxy) is 2. The Morgan fingerprint density at radius 1 is 1.26 bits per heavy atom. The first-order chi connectivity index (χ1) is 12.8. The van der Waals surface area contributed by atoms with Gasteiger partial charge >= 0.3 is 5.97 Å². The van der Waals surface area contributed by atoms with Crippen LogP contribution < -0.4 is 10.5 Å². The second-order valence-electron chi connectivity index (χ2n) is 5.98. The molecule has 2 rings (SSSR count). The number of carbonyl (C=O) groups is 2. The molecule has 0 unspecified atom stereocenters. The summed E-state index contributed by atoms with van der Waals surface area (Å²) in [7, 11) is 1.60. The van der Waals surface area contributed by atoms with E-state index in [0.29, 0.717) is 5.56 Å². The van der Waals surface area contributed by atoms with Gasteiger partial charge in [0.1, 0.15) is 17.4 Å². The molecule has 0 spiro atoms. The van der Waals surface area contributed by atoms with Crippen LogP contribution in [-0.4, -0.2) is 29.7 Å². The van der Waals surface area contributed by atoms with Gasteiger partial charge in [-0.1, -0.05) is 0 Å². The van der Waals surface area contributed by atoms with E-state index in [1.165, 1.54) is 13.0 Å². The molecule has 7 heteroatoms. The van der Waals surface area contributed by atoms with E-state index >= 15 is 0 Å². The fraction of sp³-hybridized carbons (Fsp3) is 0.250. The van der Waals surface area contributed by atoms with Crippen molar-refractivity contribution in [2.45, 2.75) is 26.9 Å². The highest BCUT2D eigenvalue weighted by atomic mass is 16.5. The average molecular weight is 367 g/mol. The molecule has 1 aromatic heterocycles. The van der Waals surface area contributed by atoms with Gasteiger partial charge in [0.15, 0.2) is 6.10 Å². The molecule has 1 atom stereocenters. The highest BCUT2D eigenvalue weighted by Crippen LogP contribution is 2.24. The molecule has 0 fully saturated rings. The van der Waals surface area contributed by atoms with E-state index < -0.39 is 18.0 Å². The third-order valence-electron chi connectivity index (χ3n) is 4.13. The van der Waals surface area contributed by atoms with Gasteiger partial charge < -0.3 is 19.8 Å². The summed E-state index contributed by atoms with van der Waals surface area (Å²) in [6.07, 6.45) is 0.333. The van der Waals surface area contributed by atoms with E-state index in [1.807, 2.05) is 54.8 Å². The van der Waals surface area contributed by atoms with Crippen molar-refractivity contribution in [2.24, 2.45) is 5.73 Å². The summed E-state index contributed by atoms with van der Waals surface area (Å²) in [5.41, 5.74) is 8.27. The second-order valence-corrected chi connectivity index (χ2v) is 5.98. The van der Waals surface area contributed by atoms with Gasteiger partial charge in [0.25, 0.3) is 5.91 Å². The molecule has 0 saturated carbocycles. The van der Waals surface area contributed by atoms with Crippen molar-refractivity contribution in [3.63, 3.8) is 0 Å². The summed E-state index contributed by atoms with van der Waals surface area (Å²) in [4.78, 5) is 23.1. The maximum atomic E-state index is 12.1. The van der Waals surface area contributed by atoms with Crippen LogP contribution in [0, 0.1) is 25.2 Å². The Hall–Kier alpha value is -3.53. The van der Waals surface area contributed by atoms with Crippen LogP contribution in [0.1, 0.15) is 23.9 Å². The number of esters is 1. The molecule has 0 bridgehead atoms. The van der Waals surface area contributed by atoms with E-state index in [9.17, 15) is 14.9 Å². The van der Waals surface area contributed by atoms with E-state index in [-0.39, 0.29) is 5.57 Å². The molecule has 140 valence electrons. The van der Waals surface area contributed by atoms with E-state index in [2.05, 4.69) is 0 Å². The van der Waals surface area contributed by atoms with Crippen molar-refractivity contribution in [2.75, 3.05) is 7.11 Å². The van der Waals surface area contributed by atoms with Gasteiger partial charge in [-0.25, -0.2) is 4.79 Å². The predicted octanol–water partition coefficient (Wildman–Crippen LogP) is 2.43. The Morgan fingerprint density at radius 3 is 2.41 bits per heavy atom. The molecule has 0 aliphatic carbocycles. The van der Waals surface area contributed by atoms with E-state index in [4.69, 9.17) is 15.2 Å². The highest BCUT2D eigenvalue weighted by molar-refractivity contribution is 5.99. The number of rotatable bonds is 6. The maximum absolute atomic E-state index is 12.1. The fourth-order valence-electron chi connectivity index (χ4n) is 2.64. The number of benzene rings is 1. The summed E-state index contributed by atoms with van der Waals surface area (Å²) >= 11 is 0. The zero-order chi connectivity index (χ0) is 20.1. The van der Waals surface area contributed by atoms with Crippen molar-refractivity contribution >= 4 is 18.0 Å². The number of nitrogens with zero attached hydrogens (tertiary/aromatic N) is 2. The Labute approximate surface area is 157 Å². The maximum Gasteiger partial charge on any atom is 0.349 e. The summed E-state index contributed by atoms with van der Waals surface area (Å²) in [5.74, 6) is -0.921. The first-order valence-electron chi connectivity index (χ1n) is 8.24. The monoisotopic (exact) mass is 367 g/mol. The number of amides is 1. The Balaban J connectivity index is 2.38. The smallest absolute Gasteiger partial charge is 0.349 e. The standard InChI is InChI=1S/C20H21N3O4/c1-12-9-15(10-16(11-21)20(25)27-14(3)19(22)24)13(2)23(12)17-5-7-18(26-4)8-6-17/h5-10,14H,1-4H3,(H2,22,24)/b16-10-/t14-/m0/s1. The Bertz CT molecular complexity index is 933. The predicted molar refractivity (Wildman–Crippen MR) is 100 cm³/mol. The molecule has 2 N–H and O–H groups in total. The lowest BCUT2D eigenvalue weighted by molar-refractivity contribution is -0.149. The normalized spacial score (nSPS) is 12.2. The lowest BCUT2D eigenvalue weighted by Crippen LogP contribution is -2.30. The topological polar surface area (TPSA) is 107 Å². The van der Waals surface area contributed by atoms with Gasteiger partial charge in [-0.15, -0.1) is 0 Å². The zero-order valence-corrected chi connectivity index (χ0v) is 15.6. The number of carbonyl (C=O) groups excluding carboxylic acids is 2. The minimum atomic E-state index is -1.11. The van der Waals surface area contributed by atoms with Crippen LogP contribution in [0.2, 0.25) is 0 Å². The number of primary amides is 1. The third kappa shape index (κ3) is 4.36. The Kier molecular flexibility index (Phi) is 6.03. The van der Waals surface area contributed by atoms with Crippen LogP contribution in [0.15, 0.2) is 35.9 Å². The number of nitriles is 1. The molecular formula is C20H21N3O4. The lowest BCUT2D eigenvalue weighted by Gasteiger charge is -2.10. The molecule has 0 radical (unpaired) electrons. The first kappa shape index (κ1) is 19.8. The van der Waals surface area contributed by atoms with Gasteiger partial charge in [-0.05, 0) is 62.7 Å². The molecule has 0 aliphatic heterocycles. The van der Waals surface area contributed by atoms with Gasteiger partial charge in [-0.3, -0.25) is 4.79 Å². The fourth-order valence-corrected chi connectivity index (χ4v) is 2.64. The highest BCUT2D eigenvalue weighted by Gasteiger charge is 2.19.